The maximum absolute atomic E-state index is 11.4. The van der Waals surface area contributed by atoms with Crippen LogP contribution in [0.2, 0.25) is 0 Å². The minimum absolute atomic E-state index is 0.0422. The van der Waals surface area contributed by atoms with Crippen molar-refractivity contribution in [3.05, 3.63) is 0 Å². The molecule has 5 nitrogen and oxygen atoms in total. The van der Waals surface area contributed by atoms with E-state index in [1.54, 1.807) is 6.92 Å². The fraction of sp³-hybridized carbons (Fsp3) is 0.875. The van der Waals surface area contributed by atoms with Crippen LogP contribution in [-0.4, -0.2) is 27.5 Å². The Morgan fingerprint density at radius 2 is 1.85 bits per heavy atom. The highest BCUT2D eigenvalue weighted by atomic mass is 17.1. The van der Waals surface area contributed by atoms with Gasteiger partial charge in [-0.1, -0.05) is 0 Å². The third-order valence-corrected chi connectivity index (χ3v) is 2.68. The van der Waals surface area contributed by atoms with E-state index < -0.39 is 11.2 Å². The maximum Gasteiger partial charge on any atom is 0.170 e. The average Bonchev–Trinajstić information content (AvgIpc) is 2.13. The normalized spacial score (nSPS) is 40.8. The van der Waals surface area contributed by atoms with Crippen molar-refractivity contribution in [3.63, 3.8) is 0 Å². The predicted molar refractivity (Wildman–Crippen MR) is 43.1 cm³/mol. The molecule has 0 aromatic heterocycles. The smallest absolute Gasteiger partial charge is 0.170 e. The topological polar surface area (TPSA) is 76.0 Å². The van der Waals surface area contributed by atoms with Gasteiger partial charge in [0, 0.05) is 6.42 Å². The molecule has 0 aliphatic heterocycles. The highest BCUT2D eigenvalue weighted by Crippen LogP contribution is 2.35. The second-order valence-electron chi connectivity index (χ2n) is 3.96. The number of ketones is 1. The Labute approximate surface area is 76.1 Å². The fourth-order valence-corrected chi connectivity index (χ4v) is 1.43. The van der Waals surface area contributed by atoms with Gasteiger partial charge in [-0.15, -0.1) is 0 Å². The molecule has 5 heteroatoms. The van der Waals surface area contributed by atoms with Gasteiger partial charge >= 0.3 is 0 Å². The Morgan fingerprint density at radius 3 is 2.23 bits per heavy atom. The van der Waals surface area contributed by atoms with Crippen molar-refractivity contribution < 1.29 is 25.1 Å². The Bertz CT molecular complexity index is 217. The van der Waals surface area contributed by atoms with Crippen molar-refractivity contribution >= 4 is 5.78 Å². The minimum atomic E-state index is -1.14. The van der Waals surface area contributed by atoms with Gasteiger partial charge in [-0.3, -0.25) is 15.3 Å². The van der Waals surface area contributed by atoms with E-state index in [9.17, 15) is 4.79 Å². The van der Waals surface area contributed by atoms with Crippen LogP contribution in [0.3, 0.4) is 0 Å². The van der Waals surface area contributed by atoms with Crippen LogP contribution in [0, 0.1) is 0 Å². The Kier molecular flexibility index (Phi) is 2.72. The molecule has 0 bridgehead atoms. The highest BCUT2D eigenvalue weighted by molar-refractivity contribution is 5.88. The zero-order valence-corrected chi connectivity index (χ0v) is 7.74. The van der Waals surface area contributed by atoms with Gasteiger partial charge in [-0.05, 0) is 26.7 Å². The molecule has 0 heterocycles. The molecule has 0 saturated heterocycles. The molecule has 76 valence electrons. The molecule has 2 N–H and O–H groups in total. The quantitative estimate of drug-likeness (QED) is 0.506. The summed E-state index contributed by atoms with van der Waals surface area (Å²) in [5, 5.41) is 17.1. The summed E-state index contributed by atoms with van der Waals surface area (Å²) in [6, 6.07) is 0. The van der Waals surface area contributed by atoms with Gasteiger partial charge in [0.1, 0.15) is 5.60 Å². The van der Waals surface area contributed by atoms with Gasteiger partial charge in [0.05, 0.1) is 0 Å². The third kappa shape index (κ3) is 1.88. The largest absolute Gasteiger partial charge is 0.296 e. The summed E-state index contributed by atoms with van der Waals surface area (Å²) in [7, 11) is 0. The summed E-state index contributed by atoms with van der Waals surface area (Å²) in [4.78, 5) is 19.8. The minimum Gasteiger partial charge on any atom is -0.296 e. The van der Waals surface area contributed by atoms with Crippen molar-refractivity contribution in [1.29, 1.82) is 0 Å². The number of carbonyl (C=O) groups excluding carboxylic acids is 1. The van der Waals surface area contributed by atoms with E-state index >= 15 is 0 Å². The fourth-order valence-electron chi connectivity index (χ4n) is 1.43. The number of Topliss-reactive ketones (excluding diaryl/α,β-unsaturated/α-hetero) is 1. The van der Waals surface area contributed by atoms with Gasteiger partial charge in [0.2, 0.25) is 0 Å². The molecule has 0 amide bonds. The summed E-state index contributed by atoms with van der Waals surface area (Å²) >= 11 is 0. The highest BCUT2D eigenvalue weighted by Gasteiger charge is 2.46. The standard InChI is InChI=1S/C8H14O5/c1-7(12-10)3-4-8(2,13-11)6(9)5-7/h10-11H,3-5H2,1-2H3. The molecule has 1 rings (SSSR count). The van der Waals surface area contributed by atoms with Crippen molar-refractivity contribution in [3.8, 4) is 0 Å². The molecular weight excluding hydrogens is 176 g/mol. The SMILES string of the molecule is CC1(OO)CCC(C)(OO)C(=O)C1. The molecule has 1 saturated carbocycles. The van der Waals surface area contributed by atoms with Crippen molar-refractivity contribution in [2.24, 2.45) is 0 Å². The van der Waals surface area contributed by atoms with Crippen molar-refractivity contribution in [2.45, 2.75) is 44.3 Å². The molecule has 0 radical (unpaired) electrons. The molecule has 0 aromatic carbocycles. The first-order valence-electron chi connectivity index (χ1n) is 4.14. The van der Waals surface area contributed by atoms with E-state index in [-0.39, 0.29) is 12.2 Å². The summed E-state index contributed by atoms with van der Waals surface area (Å²) < 4.78 is 0. The van der Waals surface area contributed by atoms with Crippen LogP contribution in [0.1, 0.15) is 33.1 Å². The third-order valence-electron chi connectivity index (χ3n) is 2.68. The van der Waals surface area contributed by atoms with Crippen LogP contribution >= 0.6 is 0 Å². The summed E-state index contributed by atoms with van der Waals surface area (Å²) in [5.74, 6) is -0.266. The van der Waals surface area contributed by atoms with Gasteiger partial charge in [0.15, 0.2) is 11.4 Å². The lowest BCUT2D eigenvalue weighted by Gasteiger charge is -2.37. The van der Waals surface area contributed by atoms with Gasteiger partial charge < -0.3 is 0 Å². The number of rotatable bonds is 2. The van der Waals surface area contributed by atoms with Crippen molar-refractivity contribution in [1.82, 2.24) is 0 Å². The second-order valence-corrected chi connectivity index (χ2v) is 3.96. The van der Waals surface area contributed by atoms with Gasteiger partial charge in [-0.2, -0.15) is 0 Å². The van der Waals surface area contributed by atoms with Crippen molar-refractivity contribution in [2.75, 3.05) is 0 Å². The number of hydrogen-bond donors (Lipinski definition) is 2. The van der Waals surface area contributed by atoms with Crippen LogP contribution in [-0.2, 0) is 14.6 Å². The summed E-state index contributed by atoms with van der Waals surface area (Å²) in [6.45, 7) is 3.16. The zero-order chi connectivity index (χ0) is 10.1. The first kappa shape index (κ1) is 10.6. The monoisotopic (exact) mass is 190 g/mol. The number of hydrogen-bond acceptors (Lipinski definition) is 5. The lowest BCUT2D eigenvalue weighted by atomic mass is 9.77. The Morgan fingerprint density at radius 1 is 1.23 bits per heavy atom. The summed E-state index contributed by atoms with van der Waals surface area (Å²) in [6.07, 6.45) is 0.840. The van der Waals surface area contributed by atoms with Crippen LogP contribution in [0.5, 0.6) is 0 Å². The van der Waals surface area contributed by atoms with E-state index in [4.69, 9.17) is 10.5 Å². The van der Waals surface area contributed by atoms with Crippen LogP contribution < -0.4 is 0 Å². The molecule has 0 spiro atoms. The molecular formula is C8H14O5. The average molecular weight is 190 g/mol. The van der Waals surface area contributed by atoms with Gasteiger partial charge in [0.25, 0.3) is 0 Å². The van der Waals surface area contributed by atoms with E-state index in [1.165, 1.54) is 6.92 Å². The zero-order valence-electron chi connectivity index (χ0n) is 7.74. The van der Waals surface area contributed by atoms with E-state index in [0.29, 0.717) is 12.8 Å². The predicted octanol–water partition coefficient (Wildman–Crippen LogP) is 1.24. The molecule has 2 unspecified atom stereocenters. The lowest BCUT2D eigenvalue weighted by molar-refractivity contribution is -0.344. The Hall–Kier alpha value is -0.490. The molecule has 1 fully saturated rings. The van der Waals surface area contributed by atoms with E-state index in [1.807, 2.05) is 0 Å². The Balaban J connectivity index is 2.72. The van der Waals surface area contributed by atoms with Crippen LogP contribution in [0.25, 0.3) is 0 Å². The molecule has 1 aliphatic carbocycles. The summed E-state index contributed by atoms with van der Waals surface area (Å²) in [5.41, 5.74) is -1.98. The molecule has 1 aliphatic rings. The van der Waals surface area contributed by atoms with Crippen LogP contribution in [0.4, 0.5) is 0 Å². The first-order valence-corrected chi connectivity index (χ1v) is 4.14. The van der Waals surface area contributed by atoms with E-state index in [0.717, 1.165) is 0 Å². The second kappa shape index (κ2) is 3.34. The number of carbonyl (C=O) groups is 1. The van der Waals surface area contributed by atoms with Gasteiger partial charge in [-0.25, -0.2) is 9.78 Å². The molecule has 0 aromatic rings. The molecule has 13 heavy (non-hydrogen) atoms. The van der Waals surface area contributed by atoms with E-state index in [2.05, 4.69) is 9.78 Å². The molecule has 2 atom stereocenters. The van der Waals surface area contributed by atoms with Crippen LogP contribution in [0.15, 0.2) is 0 Å². The lowest BCUT2D eigenvalue weighted by Crippen LogP contribution is -2.49. The first-order chi connectivity index (χ1) is 5.96. The maximum atomic E-state index is 11.4.